The zero-order valence-corrected chi connectivity index (χ0v) is 12.1. The third-order valence-electron chi connectivity index (χ3n) is 4.05. The van der Waals surface area contributed by atoms with Gasteiger partial charge in [-0.15, -0.1) is 0 Å². The van der Waals surface area contributed by atoms with Gasteiger partial charge >= 0.3 is 5.97 Å². The standard InChI is InChI=1S/C19H20O2/c20-19(21-18-9-5-2-6-10-18)17-13-11-16(12-14-17)15-7-3-1-4-8-15/h1,3-4,7-8,11-14,18H,2,5-6,9-10H2. The van der Waals surface area contributed by atoms with Crippen LogP contribution in [0, 0.1) is 0 Å². The van der Waals surface area contributed by atoms with Gasteiger partial charge in [-0.25, -0.2) is 4.79 Å². The quantitative estimate of drug-likeness (QED) is 0.752. The Labute approximate surface area is 125 Å². The summed E-state index contributed by atoms with van der Waals surface area (Å²) < 4.78 is 5.58. The SMILES string of the molecule is O=C(OC1CCCCC1)c1ccc(-c2ccccc2)cc1. The van der Waals surface area contributed by atoms with E-state index in [2.05, 4.69) is 12.1 Å². The van der Waals surface area contributed by atoms with Crippen molar-refractivity contribution in [1.82, 2.24) is 0 Å². The molecule has 0 bridgehead atoms. The normalized spacial score (nSPS) is 15.6. The number of hydrogen-bond donors (Lipinski definition) is 0. The Kier molecular flexibility index (Phi) is 4.34. The summed E-state index contributed by atoms with van der Waals surface area (Å²) in [6.07, 6.45) is 5.73. The maximum atomic E-state index is 12.1. The van der Waals surface area contributed by atoms with Gasteiger partial charge in [0.2, 0.25) is 0 Å². The molecule has 0 heterocycles. The summed E-state index contributed by atoms with van der Waals surface area (Å²) in [7, 11) is 0. The lowest BCUT2D eigenvalue weighted by molar-refractivity contribution is 0.0211. The third kappa shape index (κ3) is 3.52. The van der Waals surface area contributed by atoms with E-state index in [-0.39, 0.29) is 12.1 Å². The molecule has 2 heteroatoms. The fourth-order valence-electron chi connectivity index (χ4n) is 2.83. The first-order chi connectivity index (χ1) is 10.3. The summed E-state index contributed by atoms with van der Waals surface area (Å²) >= 11 is 0. The first-order valence-electron chi connectivity index (χ1n) is 7.69. The molecule has 1 aliphatic rings. The molecule has 2 aromatic rings. The maximum absolute atomic E-state index is 12.1. The van der Waals surface area contributed by atoms with Crippen LogP contribution in [0.15, 0.2) is 54.6 Å². The number of esters is 1. The number of carbonyl (C=O) groups excluding carboxylic acids is 1. The number of rotatable bonds is 3. The summed E-state index contributed by atoms with van der Waals surface area (Å²) in [5.74, 6) is -0.193. The van der Waals surface area contributed by atoms with Gasteiger partial charge in [-0.3, -0.25) is 0 Å². The minimum absolute atomic E-state index is 0.111. The Hall–Kier alpha value is -2.09. The molecule has 0 radical (unpaired) electrons. The van der Waals surface area contributed by atoms with E-state index in [9.17, 15) is 4.79 Å². The van der Waals surface area contributed by atoms with Crippen molar-refractivity contribution in [2.24, 2.45) is 0 Å². The molecule has 0 saturated heterocycles. The first-order valence-corrected chi connectivity index (χ1v) is 7.69. The predicted molar refractivity (Wildman–Crippen MR) is 84.2 cm³/mol. The summed E-state index contributed by atoms with van der Waals surface area (Å²) in [6, 6.07) is 17.8. The highest BCUT2D eigenvalue weighted by Gasteiger charge is 2.18. The minimum atomic E-state index is -0.193. The average molecular weight is 280 g/mol. The molecule has 1 saturated carbocycles. The molecule has 0 N–H and O–H groups in total. The van der Waals surface area contributed by atoms with Gasteiger partial charge in [0.15, 0.2) is 0 Å². The van der Waals surface area contributed by atoms with Crippen LogP contribution in [0.1, 0.15) is 42.5 Å². The van der Waals surface area contributed by atoms with Gasteiger partial charge in [-0.05, 0) is 48.9 Å². The van der Waals surface area contributed by atoms with Gasteiger partial charge in [0.25, 0.3) is 0 Å². The molecule has 0 aliphatic heterocycles. The van der Waals surface area contributed by atoms with Crippen molar-refractivity contribution >= 4 is 5.97 Å². The van der Waals surface area contributed by atoms with E-state index in [0.29, 0.717) is 5.56 Å². The highest BCUT2D eigenvalue weighted by atomic mass is 16.5. The van der Waals surface area contributed by atoms with E-state index in [1.54, 1.807) is 0 Å². The van der Waals surface area contributed by atoms with Crippen molar-refractivity contribution in [3.05, 3.63) is 60.2 Å². The summed E-state index contributed by atoms with van der Waals surface area (Å²) in [4.78, 5) is 12.1. The molecule has 108 valence electrons. The van der Waals surface area contributed by atoms with E-state index in [4.69, 9.17) is 4.74 Å². The first kappa shape index (κ1) is 13.9. The van der Waals surface area contributed by atoms with E-state index >= 15 is 0 Å². The van der Waals surface area contributed by atoms with Crippen LogP contribution in [-0.4, -0.2) is 12.1 Å². The predicted octanol–water partition coefficient (Wildman–Crippen LogP) is 4.84. The molecule has 21 heavy (non-hydrogen) atoms. The summed E-state index contributed by atoms with van der Waals surface area (Å²) in [5.41, 5.74) is 2.91. The topological polar surface area (TPSA) is 26.3 Å². The van der Waals surface area contributed by atoms with E-state index in [1.165, 1.54) is 19.3 Å². The van der Waals surface area contributed by atoms with Gasteiger partial charge in [0.1, 0.15) is 6.10 Å². The van der Waals surface area contributed by atoms with Gasteiger partial charge in [-0.1, -0.05) is 48.9 Å². The molecule has 0 aromatic heterocycles. The molecule has 0 atom stereocenters. The molecule has 2 aromatic carbocycles. The largest absolute Gasteiger partial charge is 0.459 e. The van der Waals surface area contributed by atoms with Gasteiger partial charge < -0.3 is 4.74 Å². The van der Waals surface area contributed by atoms with Gasteiger partial charge in [0, 0.05) is 0 Å². The highest BCUT2D eigenvalue weighted by molar-refractivity contribution is 5.90. The van der Waals surface area contributed by atoms with Crippen LogP contribution in [0.4, 0.5) is 0 Å². The Morgan fingerprint density at radius 2 is 1.43 bits per heavy atom. The zero-order chi connectivity index (χ0) is 14.5. The highest BCUT2D eigenvalue weighted by Crippen LogP contribution is 2.23. The molecule has 1 fully saturated rings. The van der Waals surface area contributed by atoms with Crippen molar-refractivity contribution in [2.45, 2.75) is 38.2 Å². The second kappa shape index (κ2) is 6.57. The van der Waals surface area contributed by atoms with Crippen molar-refractivity contribution in [1.29, 1.82) is 0 Å². The van der Waals surface area contributed by atoms with Gasteiger partial charge in [0.05, 0.1) is 5.56 Å². The van der Waals surface area contributed by atoms with E-state index < -0.39 is 0 Å². The molecule has 1 aliphatic carbocycles. The number of benzene rings is 2. The molecular formula is C19H20O2. The second-order valence-corrected chi connectivity index (χ2v) is 5.61. The van der Waals surface area contributed by atoms with Crippen LogP contribution in [0.3, 0.4) is 0 Å². The van der Waals surface area contributed by atoms with Crippen molar-refractivity contribution in [3.8, 4) is 11.1 Å². The van der Waals surface area contributed by atoms with Crippen LogP contribution in [-0.2, 0) is 4.74 Å². The lowest BCUT2D eigenvalue weighted by Crippen LogP contribution is -2.20. The van der Waals surface area contributed by atoms with Crippen LogP contribution >= 0.6 is 0 Å². The van der Waals surface area contributed by atoms with Crippen LogP contribution in [0.2, 0.25) is 0 Å². The van der Waals surface area contributed by atoms with Crippen molar-refractivity contribution < 1.29 is 9.53 Å². The fraction of sp³-hybridized carbons (Fsp3) is 0.316. The number of carbonyl (C=O) groups is 1. The second-order valence-electron chi connectivity index (χ2n) is 5.61. The van der Waals surface area contributed by atoms with E-state index in [0.717, 1.165) is 24.0 Å². The molecule has 2 nitrogen and oxygen atoms in total. The summed E-state index contributed by atoms with van der Waals surface area (Å²) in [5, 5.41) is 0. The summed E-state index contributed by atoms with van der Waals surface area (Å²) in [6.45, 7) is 0. The van der Waals surface area contributed by atoms with E-state index in [1.807, 2.05) is 42.5 Å². The Bertz CT molecular complexity index is 581. The lowest BCUT2D eigenvalue weighted by atomic mass is 9.98. The maximum Gasteiger partial charge on any atom is 0.338 e. The minimum Gasteiger partial charge on any atom is -0.459 e. The third-order valence-corrected chi connectivity index (χ3v) is 4.05. The Balaban J connectivity index is 1.67. The fourth-order valence-corrected chi connectivity index (χ4v) is 2.83. The zero-order valence-electron chi connectivity index (χ0n) is 12.1. The Morgan fingerprint density at radius 3 is 2.10 bits per heavy atom. The Morgan fingerprint density at radius 1 is 0.810 bits per heavy atom. The smallest absolute Gasteiger partial charge is 0.338 e. The molecular weight excluding hydrogens is 260 g/mol. The monoisotopic (exact) mass is 280 g/mol. The van der Waals surface area contributed by atoms with Gasteiger partial charge in [-0.2, -0.15) is 0 Å². The molecule has 0 spiro atoms. The number of ether oxygens (including phenoxy) is 1. The molecule has 0 unspecified atom stereocenters. The van der Waals surface area contributed by atoms with Crippen molar-refractivity contribution in [2.75, 3.05) is 0 Å². The van der Waals surface area contributed by atoms with Crippen LogP contribution in [0.25, 0.3) is 11.1 Å². The van der Waals surface area contributed by atoms with Crippen molar-refractivity contribution in [3.63, 3.8) is 0 Å². The molecule has 0 amide bonds. The average Bonchev–Trinajstić information content (AvgIpc) is 2.57. The number of hydrogen-bond acceptors (Lipinski definition) is 2. The lowest BCUT2D eigenvalue weighted by Gasteiger charge is -2.21. The van der Waals surface area contributed by atoms with Crippen LogP contribution in [0.5, 0.6) is 0 Å². The molecule has 3 rings (SSSR count). The van der Waals surface area contributed by atoms with Crippen LogP contribution < -0.4 is 0 Å².